The van der Waals surface area contributed by atoms with Crippen molar-refractivity contribution in [2.24, 2.45) is 0 Å². The second-order valence-corrected chi connectivity index (χ2v) is 6.67. The number of ether oxygens (including phenoxy) is 1. The first-order valence-electron chi connectivity index (χ1n) is 7.93. The van der Waals surface area contributed by atoms with Gasteiger partial charge in [0.05, 0.1) is 6.54 Å². The van der Waals surface area contributed by atoms with Crippen molar-refractivity contribution in [1.29, 1.82) is 0 Å². The standard InChI is InChI=1S/C19H21BrN2O3/c1-12-6-4-7-13(2)18(12)22-17(23)11-21-19(24)14(3)25-16-9-5-8-15(20)10-16/h4-10,14H,11H2,1-3H3,(H,21,24)(H,22,23). The molecule has 0 spiro atoms. The Labute approximate surface area is 155 Å². The van der Waals surface area contributed by atoms with Gasteiger partial charge >= 0.3 is 0 Å². The van der Waals surface area contributed by atoms with E-state index in [-0.39, 0.29) is 18.4 Å². The molecule has 0 radical (unpaired) electrons. The van der Waals surface area contributed by atoms with Crippen molar-refractivity contribution in [1.82, 2.24) is 5.32 Å². The Morgan fingerprint density at radius 2 is 1.76 bits per heavy atom. The maximum Gasteiger partial charge on any atom is 0.261 e. The molecule has 0 fully saturated rings. The molecule has 2 N–H and O–H groups in total. The van der Waals surface area contributed by atoms with E-state index in [9.17, 15) is 9.59 Å². The maximum atomic E-state index is 12.1. The Balaban J connectivity index is 1.85. The molecule has 0 aromatic heterocycles. The lowest BCUT2D eigenvalue weighted by molar-refractivity contribution is -0.129. The Morgan fingerprint density at radius 3 is 2.40 bits per heavy atom. The minimum atomic E-state index is -0.706. The van der Waals surface area contributed by atoms with Gasteiger partial charge in [-0.2, -0.15) is 0 Å². The lowest BCUT2D eigenvalue weighted by atomic mass is 10.1. The van der Waals surface area contributed by atoms with Crippen LogP contribution in [0.1, 0.15) is 18.1 Å². The molecule has 0 bridgehead atoms. The van der Waals surface area contributed by atoms with Crippen molar-refractivity contribution in [2.75, 3.05) is 11.9 Å². The molecule has 2 aromatic rings. The minimum absolute atomic E-state index is 0.112. The van der Waals surface area contributed by atoms with Gasteiger partial charge in [-0.1, -0.05) is 40.2 Å². The number of benzene rings is 2. The summed E-state index contributed by atoms with van der Waals surface area (Å²) in [6, 6.07) is 13.0. The average molecular weight is 405 g/mol. The Morgan fingerprint density at radius 1 is 1.12 bits per heavy atom. The van der Waals surface area contributed by atoms with E-state index in [1.54, 1.807) is 19.1 Å². The van der Waals surface area contributed by atoms with Gasteiger partial charge in [0.2, 0.25) is 5.91 Å². The van der Waals surface area contributed by atoms with E-state index in [1.165, 1.54) is 0 Å². The molecular weight excluding hydrogens is 384 g/mol. The minimum Gasteiger partial charge on any atom is -0.481 e. The molecule has 2 rings (SSSR count). The van der Waals surface area contributed by atoms with Gasteiger partial charge in [0.15, 0.2) is 6.10 Å². The van der Waals surface area contributed by atoms with Crippen LogP contribution in [0.2, 0.25) is 0 Å². The third-order valence-electron chi connectivity index (χ3n) is 3.65. The van der Waals surface area contributed by atoms with Crippen LogP contribution < -0.4 is 15.4 Å². The van der Waals surface area contributed by atoms with Gasteiger partial charge in [-0.05, 0) is 50.1 Å². The summed E-state index contributed by atoms with van der Waals surface area (Å²) in [5, 5.41) is 5.42. The second kappa shape index (κ2) is 8.67. The second-order valence-electron chi connectivity index (χ2n) is 5.75. The molecule has 25 heavy (non-hydrogen) atoms. The van der Waals surface area contributed by atoms with Crippen molar-refractivity contribution < 1.29 is 14.3 Å². The first-order valence-corrected chi connectivity index (χ1v) is 8.72. The predicted octanol–water partition coefficient (Wildman–Crippen LogP) is 3.59. The molecule has 0 aliphatic heterocycles. The van der Waals surface area contributed by atoms with Crippen molar-refractivity contribution in [3.8, 4) is 5.75 Å². The lowest BCUT2D eigenvalue weighted by Gasteiger charge is -2.15. The smallest absolute Gasteiger partial charge is 0.261 e. The van der Waals surface area contributed by atoms with Gasteiger partial charge in [-0.25, -0.2) is 0 Å². The van der Waals surface area contributed by atoms with E-state index in [1.807, 2.05) is 44.2 Å². The summed E-state index contributed by atoms with van der Waals surface area (Å²) in [6.45, 7) is 5.38. The monoisotopic (exact) mass is 404 g/mol. The molecule has 0 aliphatic rings. The molecule has 0 heterocycles. The highest BCUT2D eigenvalue weighted by Crippen LogP contribution is 2.20. The first kappa shape index (κ1) is 19.0. The van der Waals surface area contributed by atoms with E-state index >= 15 is 0 Å². The normalized spacial score (nSPS) is 11.5. The Kier molecular flexibility index (Phi) is 6.58. The molecular formula is C19H21BrN2O3. The third kappa shape index (κ3) is 5.60. The summed E-state index contributed by atoms with van der Waals surface area (Å²) in [7, 11) is 0. The van der Waals surface area contributed by atoms with E-state index in [0.717, 1.165) is 21.3 Å². The fourth-order valence-corrected chi connectivity index (χ4v) is 2.68. The summed E-state index contributed by atoms with van der Waals surface area (Å²) in [6.07, 6.45) is -0.706. The summed E-state index contributed by atoms with van der Waals surface area (Å²) >= 11 is 3.35. The molecule has 6 heteroatoms. The van der Waals surface area contributed by atoms with Crippen LogP contribution in [0, 0.1) is 13.8 Å². The molecule has 0 saturated carbocycles. The Bertz CT molecular complexity index is 757. The van der Waals surface area contributed by atoms with Crippen molar-refractivity contribution in [2.45, 2.75) is 26.9 Å². The number of rotatable bonds is 6. The predicted molar refractivity (Wildman–Crippen MR) is 102 cm³/mol. The van der Waals surface area contributed by atoms with E-state index < -0.39 is 6.10 Å². The summed E-state index contributed by atoms with van der Waals surface area (Å²) in [5.74, 6) is -0.0472. The quantitative estimate of drug-likeness (QED) is 0.772. The molecule has 5 nitrogen and oxygen atoms in total. The number of carbonyl (C=O) groups is 2. The number of anilines is 1. The van der Waals surface area contributed by atoms with Gasteiger partial charge in [-0.15, -0.1) is 0 Å². The van der Waals surface area contributed by atoms with Gasteiger partial charge in [0, 0.05) is 10.2 Å². The van der Waals surface area contributed by atoms with Gasteiger partial charge in [0.25, 0.3) is 5.91 Å². The highest BCUT2D eigenvalue weighted by Gasteiger charge is 2.16. The van der Waals surface area contributed by atoms with E-state index in [4.69, 9.17) is 4.74 Å². The zero-order valence-electron chi connectivity index (χ0n) is 14.4. The zero-order valence-corrected chi connectivity index (χ0v) is 16.0. The number of amides is 2. The number of nitrogens with one attached hydrogen (secondary N) is 2. The topological polar surface area (TPSA) is 67.4 Å². The van der Waals surface area contributed by atoms with Crippen LogP contribution in [0.4, 0.5) is 5.69 Å². The molecule has 0 saturated heterocycles. The first-order chi connectivity index (χ1) is 11.9. The summed E-state index contributed by atoms with van der Waals surface area (Å²) < 4.78 is 6.44. The van der Waals surface area contributed by atoms with Gasteiger partial charge < -0.3 is 15.4 Å². The number of halogens is 1. The van der Waals surface area contributed by atoms with Crippen LogP contribution in [0.15, 0.2) is 46.9 Å². The van der Waals surface area contributed by atoms with Crippen LogP contribution >= 0.6 is 15.9 Å². The average Bonchev–Trinajstić information content (AvgIpc) is 2.56. The van der Waals surface area contributed by atoms with E-state index in [2.05, 4.69) is 26.6 Å². The molecule has 2 amide bonds. The maximum absolute atomic E-state index is 12.1. The van der Waals surface area contributed by atoms with E-state index in [0.29, 0.717) is 5.75 Å². The van der Waals surface area contributed by atoms with Crippen molar-refractivity contribution >= 4 is 33.4 Å². The number of hydrogen-bond acceptors (Lipinski definition) is 3. The highest BCUT2D eigenvalue weighted by molar-refractivity contribution is 9.10. The summed E-state index contributed by atoms with van der Waals surface area (Å²) in [4.78, 5) is 24.2. The van der Waals surface area contributed by atoms with Crippen LogP contribution in [0.5, 0.6) is 5.75 Å². The SMILES string of the molecule is Cc1cccc(C)c1NC(=O)CNC(=O)C(C)Oc1cccc(Br)c1. The fourth-order valence-electron chi connectivity index (χ4n) is 2.30. The van der Waals surface area contributed by atoms with Crippen LogP contribution in [-0.4, -0.2) is 24.5 Å². The molecule has 132 valence electrons. The number of para-hydroxylation sites is 1. The third-order valence-corrected chi connectivity index (χ3v) is 4.14. The number of carbonyl (C=O) groups excluding carboxylic acids is 2. The molecule has 0 aliphatic carbocycles. The summed E-state index contributed by atoms with van der Waals surface area (Å²) in [5.41, 5.74) is 2.73. The van der Waals surface area contributed by atoms with Crippen LogP contribution in [0.25, 0.3) is 0 Å². The molecule has 1 atom stereocenters. The lowest BCUT2D eigenvalue weighted by Crippen LogP contribution is -2.40. The van der Waals surface area contributed by atoms with Gasteiger partial charge in [-0.3, -0.25) is 9.59 Å². The van der Waals surface area contributed by atoms with Crippen molar-refractivity contribution in [3.63, 3.8) is 0 Å². The number of hydrogen-bond donors (Lipinski definition) is 2. The van der Waals surface area contributed by atoms with Gasteiger partial charge in [0.1, 0.15) is 5.75 Å². The Hall–Kier alpha value is -2.34. The highest BCUT2D eigenvalue weighted by atomic mass is 79.9. The number of aryl methyl sites for hydroxylation is 2. The zero-order chi connectivity index (χ0) is 18.4. The van der Waals surface area contributed by atoms with Crippen molar-refractivity contribution in [3.05, 3.63) is 58.1 Å². The molecule has 1 unspecified atom stereocenters. The fraction of sp³-hybridized carbons (Fsp3) is 0.263. The van der Waals surface area contributed by atoms with Crippen LogP contribution in [-0.2, 0) is 9.59 Å². The van der Waals surface area contributed by atoms with Crippen LogP contribution in [0.3, 0.4) is 0 Å². The largest absolute Gasteiger partial charge is 0.481 e. The molecule has 2 aromatic carbocycles.